The summed E-state index contributed by atoms with van der Waals surface area (Å²) in [5.41, 5.74) is 3.48. The fourth-order valence-electron chi connectivity index (χ4n) is 3.55. The molecule has 120 valence electrons. The summed E-state index contributed by atoms with van der Waals surface area (Å²) in [6.45, 7) is 7.44. The molecule has 22 heavy (non-hydrogen) atoms. The Balaban J connectivity index is 1.86. The zero-order chi connectivity index (χ0) is 15.7. The Bertz CT molecular complexity index is 565. The van der Waals surface area contributed by atoms with Gasteiger partial charge < -0.3 is 10.1 Å². The van der Waals surface area contributed by atoms with Crippen LogP contribution in [0.25, 0.3) is 0 Å². The Kier molecular flexibility index (Phi) is 4.42. The van der Waals surface area contributed by atoms with Crippen LogP contribution < -0.4 is 10.1 Å². The van der Waals surface area contributed by atoms with Gasteiger partial charge in [-0.1, -0.05) is 20.8 Å². The number of nitrogens with one attached hydrogen (secondary N) is 1. The maximum atomic E-state index is 12.2. The number of rotatable bonds is 2. The Morgan fingerprint density at radius 2 is 2.00 bits per heavy atom. The molecular formula is C19H27NO2. The average Bonchev–Trinajstić information content (AvgIpc) is 2.78. The van der Waals surface area contributed by atoms with E-state index in [0.717, 1.165) is 50.1 Å². The van der Waals surface area contributed by atoms with Gasteiger partial charge in [0.25, 0.3) is 0 Å². The SMILES string of the molecule is CCC1CCc2cc3c(cc2NC1=O)CCC(C(C)C)CO3. The van der Waals surface area contributed by atoms with Crippen molar-refractivity contribution < 1.29 is 9.53 Å². The van der Waals surface area contributed by atoms with Gasteiger partial charge in [-0.2, -0.15) is 0 Å². The van der Waals surface area contributed by atoms with Crippen LogP contribution in [0.15, 0.2) is 12.1 Å². The van der Waals surface area contributed by atoms with Crippen LogP contribution in [0.1, 0.15) is 51.2 Å². The molecule has 0 aromatic heterocycles. The monoisotopic (exact) mass is 301 g/mol. The maximum Gasteiger partial charge on any atom is 0.227 e. The molecule has 0 spiro atoms. The second-order valence-corrected chi connectivity index (χ2v) is 7.10. The van der Waals surface area contributed by atoms with Gasteiger partial charge in [0.15, 0.2) is 0 Å². The van der Waals surface area contributed by atoms with Gasteiger partial charge in [-0.05, 0) is 67.2 Å². The van der Waals surface area contributed by atoms with E-state index in [0.29, 0.717) is 11.8 Å². The number of fused-ring (bicyclic) bond motifs is 2. The Morgan fingerprint density at radius 3 is 2.73 bits per heavy atom. The van der Waals surface area contributed by atoms with E-state index in [1.54, 1.807) is 0 Å². The molecule has 1 aromatic rings. The second kappa shape index (κ2) is 6.31. The Hall–Kier alpha value is -1.51. The lowest BCUT2D eigenvalue weighted by atomic mass is 9.91. The van der Waals surface area contributed by atoms with Crippen LogP contribution in [0.4, 0.5) is 5.69 Å². The highest BCUT2D eigenvalue weighted by Crippen LogP contribution is 2.36. The number of hydrogen-bond donors (Lipinski definition) is 1. The summed E-state index contributed by atoms with van der Waals surface area (Å²) in [5, 5.41) is 3.13. The number of amides is 1. The first kappa shape index (κ1) is 15.4. The molecule has 2 aliphatic rings. The molecule has 0 saturated carbocycles. The van der Waals surface area contributed by atoms with Crippen LogP contribution in [0.3, 0.4) is 0 Å². The average molecular weight is 301 g/mol. The van der Waals surface area contributed by atoms with E-state index < -0.39 is 0 Å². The Morgan fingerprint density at radius 1 is 1.23 bits per heavy atom. The van der Waals surface area contributed by atoms with E-state index in [1.165, 1.54) is 11.1 Å². The highest BCUT2D eigenvalue weighted by molar-refractivity contribution is 5.94. The maximum absolute atomic E-state index is 12.2. The number of hydrogen-bond acceptors (Lipinski definition) is 2. The lowest BCUT2D eigenvalue weighted by molar-refractivity contribution is -0.120. The lowest BCUT2D eigenvalue weighted by Gasteiger charge is -2.17. The van der Waals surface area contributed by atoms with Gasteiger partial charge >= 0.3 is 0 Å². The van der Waals surface area contributed by atoms with E-state index in [2.05, 4.69) is 38.2 Å². The summed E-state index contributed by atoms with van der Waals surface area (Å²) in [4.78, 5) is 12.2. The topological polar surface area (TPSA) is 38.3 Å². The minimum Gasteiger partial charge on any atom is -0.493 e. The molecular weight excluding hydrogens is 274 g/mol. The third kappa shape index (κ3) is 2.99. The van der Waals surface area contributed by atoms with Crippen molar-refractivity contribution in [3.8, 4) is 5.75 Å². The molecule has 2 atom stereocenters. The van der Waals surface area contributed by atoms with E-state index in [9.17, 15) is 4.79 Å². The highest BCUT2D eigenvalue weighted by atomic mass is 16.5. The largest absolute Gasteiger partial charge is 0.493 e. The molecule has 3 rings (SSSR count). The van der Waals surface area contributed by atoms with E-state index in [4.69, 9.17) is 4.74 Å². The van der Waals surface area contributed by atoms with Crippen molar-refractivity contribution in [1.82, 2.24) is 0 Å². The van der Waals surface area contributed by atoms with Gasteiger partial charge in [0.2, 0.25) is 5.91 Å². The molecule has 0 bridgehead atoms. The molecule has 3 heteroatoms. The summed E-state index contributed by atoms with van der Waals surface area (Å²) in [6.07, 6.45) is 5.00. The predicted molar refractivity (Wildman–Crippen MR) is 89.3 cm³/mol. The summed E-state index contributed by atoms with van der Waals surface area (Å²) >= 11 is 0. The van der Waals surface area contributed by atoms with Gasteiger partial charge in [0.1, 0.15) is 5.75 Å². The van der Waals surface area contributed by atoms with Gasteiger partial charge in [-0.15, -0.1) is 0 Å². The first-order chi connectivity index (χ1) is 10.6. The minimum atomic E-state index is 0.137. The number of benzene rings is 1. The number of ether oxygens (including phenoxy) is 1. The highest BCUT2D eigenvalue weighted by Gasteiger charge is 2.25. The first-order valence-corrected chi connectivity index (χ1v) is 8.68. The van der Waals surface area contributed by atoms with Crippen LogP contribution in [-0.2, 0) is 17.6 Å². The predicted octanol–water partition coefficient (Wildman–Crippen LogP) is 4.19. The zero-order valence-corrected chi connectivity index (χ0v) is 13.9. The van der Waals surface area contributed by atoms with Crippen LogP contribution >= 0.6 is 0 Å². The van der Waals surface area contributed by atoms with Crippen molar-refractivity contribution in [2.75, 3.05) is 11.9 Å². The molecule has 1 aromatic carbocycles. The van der Waals surface area contributed by atoms with Gasteiger partial charge in [0.05, 0.1) is 6.61 Å². The van der Waals surface area contributed by atoms with E-state index >= 15 is 0 Å². The summed E-state index contributed by atoms with van der Waals surface area (Å²) in [5.74, 6) is 2.61. The fraction of sp³-hybridized carbons (Fsp3) is 0.632. The number of aryl methyl sites for hydroxylation is 2. The standard InChI is InChI=1S/C19H27NO2/c1-4-13-5-6-14-10-18-15(9-17(14)20-19(13)21)7-8-16(11-22-18)12(2)3/h9-10,12-13,16H,4-8,11H2,1-3H3,(H,20,21). The summed E-state index contributed by atoms with van der Waals surface area (Å²) in [7, 11) is 0. The second-order valence-electron chi connectivity index (χ2n) is 7.10. The third-order valence-electron chi connectivity index (χ3n) is 5.35. The number of carbonyl (C=O) groups excluding carboxylic acids is 1. The number of carbonyl (C=O) groups is 1. The molecule has 0 saturated heterocycles. The van der Waals surface area contributed by atoms with Crippen LogP contribution in [0.5, 0.6) is 5.75 Å². The molecule has 0 aliphatic carbocycles. The molecule has 3 nitrogen and oxygen atoms in total. The van der Waals surface area contributed by atoms with Crippen molar-refractivity contribution >= 4 is 11.6 Å². The normalized spacial score (nSPS) is 24.6. The van der Waals surface area contributed by atoms with Crippen LogP contribution in [0.2, 0.25) is 0 Å². The summed E-state index contributed by atoms with van der Waals surface area (Å²) in [6, 6.07) is 4.33. The molecule has 2 aliphatic heterocycles. The fourth-order valence-corrected chi connectivity index (χ4v) is 3.55. The van der Waals surface area contributed by atoms with Gasteiger partial charge in [0, 0.05) is 11.6 Å². The molecule has 1 amide bonds. The molecule has 2 heterocycles. The zero-order valence-electron chi connectivity index (χ0n) is 13.9. The quantitative estimate of drug-likeness (QED) is 0.889. The van der Waals surface area contributed by atoms with Gasteiger partial charge in [-0.3, -0.25) is 4.79 Å². The smallest absolute Gasteiger partial charge is 0.227 e. The summed E-state index contributed by atoms with van der Waals surface area (Å²) < 4.78 is 6.10. The third-order valence-corrected chi connectivity index (χ3v) is 5.35. The Labute approximate surface area is 133 Å². The first-order valence-electron chi connectivity index (χ1n) is 8.68. The van der Waals surface area contributed by atoms with E-state index in [1.807, 2.05) is 0 Å². The number of anilines is 1. The van der Waals surface area contributed by atoms with Crippen molar-refractivity contribution in [3.05, 3.63) is 23.3 Å². The molecule has 0 radical (unpaired) electrons. The van der Waals surface area contributed by atoms with Crippen molar-refractivity contribution in [3.63, 3.8) is 0 Å². The molecule has 1 N–H and O–H groups in total. The van der Waals surface area contributed by atoms with Crippen molar-refractivity contribution in [1.29, 1.82) is 0 Å². The van der Waals surface area contributed by atoms with E-state index in [-0.39, 0.29) is 11.8 Å². The minimum absolute atomic E-state index is 0.137. The lowest BCUT2D eigenvalue weighted by Crippen LogP contribution is -2.20. The molecule has 0 fully saturated rings. The van der Waals surface area contributed by atoms with Crippen molar-refractivity contribution in [2.45, 2.75) is 52.9 Å². The van der Waals surface area contributed by atoms with Gasteiger partial charge in [-0.25, -0.2) is 0 Å². The molecule has 2 unspecified atom stereocenters. The van der Waals surface area contributed by atoms with Crippen LogP contribution in [0, 0.1) is 17.8 Å². The van der Waals surface area contributed by atoms with Crippen molar-refractivity contribution in [2.24, 2.45) is 17.8 Å². The van der Waals surface area contributed by atoms with Crippen LogP contribution in [-0.4, -0.2) is 12.5 Å².